The third-order valence-electron chi connectivity index (χ3n) is 4.48. The third-order valence-corrected chi connectivity index (χ3v) is 6.72. The summed E-state index contributed by atoms with van der Waals surface area (Å²) < 4.78 is 1.25. The van der Waals surface area contributed by atoms with Crippen LogP contribution in [0.4, 0.5) is 0 Å². The summed E-state index contributed by atoms with van der Waals surface area (Å²) in [6.45, 7) is 1.92. The first-order valence-corrected chi connectivity index (χ1v) is 10.4. The molecular formula is C22H17NO3S2. The van der Waals surface area contributed by atoms with E-state index in [0.717, 1.165) is 22.5 Å². The van der Waals surface area contributed by atoms with E-state index >= 15 is 0 Å². The second-order valence-electron chi connectivity index (χ2n) is 6.44. The van der Waals surface area contributed by atoms with Crippen molar-refractivity contribution >= 4 is 44.6 Å². The summed E-state index contributed by atoms with van der Waals surface area (Å²) in [5, 5.41) is 13.2. The number of carbonyl (C=O) groups excluding carboxylic acids is 1. The minimum absolute atomic E-state index is 0.157. The molecule has 0 saturated carbocycles. The van der Waals surface area contributed by atoms with Crippen LogP contribution in [0.15, 0.2) is 66.7 Å². The van der Waals surface area contributed by atoms with Gasteiger partial charge in [-0.3, -0.25) is 4.79 Å². The standard InChI is InChI=1S/C22H17NO3S2/c1-13(23-21(24)18-9-10-19(28-18)22(25)26)14-6-4-7-15(11-14)20-12-16-5-2-3-8-17(16)27-20/h2-13H,1H3,(H,23,24)(H,25,26). The summed E-state index contributed by atoms with van der Waals surface area (Å²) in [6.07, 6.45) is 0. The normalized spacial score (nSPS) is 12.0. The minimum Gasteiger partial charge on any atom is -0.477 e. The van der Waals surface area contributed by atoms with Gasteiger partial charge in [0, 0.05) is 9.58 Å². The Morgan fingerprint density at radius 1 is 0.929 bits per heavy atom. The largest absolute Gasteiger partial charge is 0.477 e. The van der Waals surface area contributed by atoms with E-state index in [-0.39, 0.29) is 16.8 Å². The van der Waals surface area contributed by atoms with Crippen molar-refractivity contribution in [2.24, 2.45) is 0 Å². The van der Waals surface area contributed by atoms with Crippen molar-refractivity contribution in [2.45, 2.75) is 13.0 Å². The highest BCUT2D eigenvalue weighted by atomic mass is 32.1. The average Bonchev–Trinajstić information content (AvgIpc) is 3.35. The molecule has 2 aromatic heterocycles. The van der Waals surface area contributed by atoms with Gasteiger partial charge in [0.1, 0.15) is 4.88 Å². The van der Waals surface area contributed by atoms with Gasteiger partial charge in [-0.25, -0.2) is 4.79 Å². The zero-order valence-corrected chi connectivity index (χ0v) is 16.6. The van der Waals surface area contributed by atoms with Crippen LogP contribution in [0.5, 0.6) is 0 Å². The number of carboxylic acid groups (broad SMARTS) is 1. The molecule has 0 fully saturated rings. The topological polar surface area (TPSA) is 66.4 Å². The predicted molar refractivity (Wildman–Crippen MR) is 114 cm³/mol. The average molecular weight is 408 g/mol. The maximum Gasteiger partial charge on any atom is 0.345 e. The number of carboxylic acids is 1. The van der Waals surface area contributed by atoms with E-state index in [1.54, 1.807) is 17.4 Å². The summed E-state index contributed by atoms with van der Waals surface area (Å²) in [7, 11) is 0. The Hall–Kier alpha value is -2.96. The molecule has 28 heavy (non-hydrogen) atoms. The van der Waals surface area contributed by atoms with Gasteiger partial charge in [-0.1, -0.05) is 36.4 Å². The molecule has 140 valence electrons. The lowest BCUT2D eigenvalue weighted by Gasteiger charge is -2.14. The van der Waals surface area contributed by atoms with E-state index in [2.05, 4.69) is 35.6 Å². The monoisotopic (exact) mass is 407 g/mol. The Labute approximate surface area is 170 Å². The van der Waals surface area contributed by atoms with E-state index in [1.807, 2.05) is 31.2 Å². The Bertz CT molecular complexity index is 1140. The molecule has 0 aliphatic heterocycles. The van der Waals surface area contributed by atoms with Crippen molar-refractivity contribution < 1.29 is 14.7 Å². The van der Waals surface area contributed by atoms with Crippen LogP contribution in [0.2, 0.25) is 0 Å². The maximum absolute atomic E-state index is 12.4. The Morgan fingerprint density at radius 3 is 2.46 bits per heavy atom. The summed E-state index contributed by atoms with van der Waals surface area (Å²) >= 11 is 2.72. The molecule has 1 amide bonds. The highest BCUT2D eigenvalue weighted by Crippen LogP contribution is 2.34. The number of aromatic carboxylic acids is 1. The van der Waals surface area contributed by atoms with E-state index < -0.39 is 5.97 Å². The van der Waals surface area contributed by atoms with Gasteiger partial charge in [0.15, 0.2) is 0 Å². The second-order valence-corrected chi connectivity index (χ2v) is 8.61. The molecule has 4 nitrogen and oxygen atoms in total. The van der Waals surface area contributed by atoms with Gasteiger partial charge < -0.3 is 10.4 Å². The number of hydrogen-bond donors (Lipinski definition) is 2. The number of amides is 1. The molecule has 1 unspecified atom stereocenters. The van der Waals surface area contributed by atoms with Crippen LogP contribution in [0.3, 0.4) is 0 Å². The highest BCUT2D eigenvalue weighted by Gasteiger charge is 2.16. The van der Waals surface area contributed by atoms with E-state index in [4.69, 9.17) is 5.11 Å². The number of hydrogen-bond acceptors (Lipinski definition) is 4. The number of benzene rings is 2. The fourth-order valence-electron chi connectivity index (χ4n) is 3.01. The number of carbonyl (C=O) groups is 2. The molecule has 0 aliphatic rings. The molecule has 0 spiro atoms. The summed E-state index contributed by atoms with van der Waals surface area (Å²) in [5.74, 6) is -1.29. The van der Waals surface area contributed by atoms with Gasteiger partial charge >= 0.3 is 5.97 Å². The van der Waals surface area contributed by atoms with Crippen LogP contribution in [0.1, 0.15) is 37.9 Å². The zero-order chi connectivity index (χ0) is 19.7. The summed E-state index contributed by atoms with van der Waals surface area (Å²) in [4.78, 5) is 25.2. The number of nitrogens with one attached hydrogen (secondary N) is 1. The molecular weight excluding hydrogens is 390 g/mol. The van der Waals surface area contributed by atoms with Crippen LogP contribution in [-0.2, 0) is 0 Å². The Morgan fingerprint density at radius 2 is 1.71 bits per heavy atom. The molecule has 2 heterocycles. The first-order valence-electron chi connectivity index (χ1n) is 8.74. The van der Waals surface area contributed by atoms with Crippen molar-refractivity contribution in [3.05, 3.63) is 82.0 Å². The number of thiophene rings is 2. The van der Waals surface area contributed by atoms with Crippen LogP contribution < -0.4 is 5.32 Å². The molecule has 2 aromatic carbocycles. The Kier molecular flexibility index (Phi) is 4.98. The molecule has 0 bridgehead atoms. The lowest BCUT2D eigenvalue weighted by molar-refractivity contribution is 0.0702. The van der Waals surface area contributed by atoms with Gasteiger partial charge in [0.05, 0.1) is 10.9 Å². The molecule has 4 aromatic rings. The van der Waals surface area contributed by atoms with Crippen molar-refractivity contribution in [3.8, 4) is 10.4 Å². The maximum atomic E-state index is 12.4. The van der Waals surface area contributed by atoms with Crippen molar-refractivity contribution in [2.75, 3.05) is 0 Å². The van der Waals surface area contributed by atoms with E-state index in [9.17, 15) is 9.59 Å². The molecule has 0 saturated heterocycles. The molecule has 4 rings (SSSR count). The molecule has 6 heteroatoms. The Balaban J connectivity index is 1.54. The van der Waals surface area contributed by atoms with Gasteiger partial charge in [-0.05, 0) is 53.8 Å². The second kappa shape index (κ2) is 7.58. The minimum atomic E-state index is -1.02. The molecule has 0 radical (unpaired) electrons. The molecule has 0 aliphatic carbocycles. The first-order chi connectivity index (χ1) is 13.5. The van der Waals surface area contributed by atoms with Gasteiger partial charge in [-0.2, -0.15) is 0 Å². The molecule has 2 N–H and O–H groups in total. The van der Waals surface area contributed by atoms with Crippen LogP contribution in [-0.4, -0.2) is 17.0 Å². The van der Waals surface area contributed by atoms with Crippen molar-refractivity contribution in [1.29, 1.82) is 0 Å². The molecule has 1 atom stereocenters. The van der Waals surface area contributed by atoms with Gasteiger partial charge in [-0.15, -0.1) is 22.7 Å². The number of rotatable bonds is 5. The lowest BCUT2D eigenvalue weighted by atomic mass is 10.0. The predicted octanol–water partition coefficient (Wildman–Crippen LogP) is 5.82. The van der Waals surface area contributed by atoms with Gasteiger partial charge in [0.2, 0.25) is 0 Å². The smallest absolute Gasteiger partial charge is 0.345 e. The van der Waals surface area contributed by atoms with Crippen LogP contribution in [0, 0.1) is 0 Å². The fourth-order valence-corrected chi connectivity index (χ4v) is 4.82. The SMILES string of the molecule is CC(NC(=O)c1ccc(C(=O)O)s1)c1cccc(-c2cc3ccccc3s2)c1. The van der Waals surface area contributed by atoms with E-state index in [0.29, 0.717) is 4.88 Å². The van der Waals surface area contributed by atoms with E-state index in [1.165, 1.54) is 21.0 Å². The van der Waals surface area contributed by atoms with Crippen LogP contribution >= 0.6 is 22.7 Å². The zero-order valence-electron chi connectivity index (χ0n) is 15.0. The fraction of sp³-hybridized carbons (Fsp3) is 0.0909. The summed E-state index contributed by atoms with van der Waals surface area (Å²) in [6, 6.07) is 21.4. The van der Waals surface area contributed by atoms with Crippen LogP contribution in [0.25, 0.3) is 20.5 Å². The summed E-state index contributed by atoms with van der Waals surface area (Å²) in [5.41, 5.74) is 2.11. The van der Waals surface area contributed by atoms with Gasteiger partial charge in [0.25, 0.3) is 5.91 Å². The highest BCUT2D eigenvalue weighted by molar-refractivity contribution is 7.22. The van der Waals surface area contributed by atoms with Crippen molar-refractivity contribution in [3.63, 3.8) is 0 Å². The quantitative estimate of drug-likeness (QED) is 0.438. The number of fused-ring (bicyclic) bond motifs is 1. The lowest BCUT2D eigenvalue weighted by Crippen LogP contribution is -2.25. The van der Waals surface area contributed by atoms with Crippen molar-refractivity contribution in [1.82, 2.24) is 5.32 Å². The first kappa shape index (κ1) is 18.4. The third kappa shape index (κ3) is 3.69.